The van der Waals surface area contributed by atoms with Crippen LogP contribution in [0.4, 0.5) is 5.69 Å². The number of rotatable bonds is 3. The van der Waals surface area contributed by atoms with E-state index in [1.807, 2.05) is 0 Å². The highest BCUT2D eigenvalue weighted by Crippen LogP contribution is 2.27. The quantitative estimate of drug-likeness (QED) is 0.359. The molecule has 1 unspecified atom stereocenters. The fourth-order valence-electron chi connectivity index (χ4n) is 1.00. The van der Waals surface area contributed by atoms with Crippen molar-refractivity contribution in [2.45, 2.75) is 11.7 Å². The highest BCUT2D eigenvalue weighted by molar-refractivity contribution is 7.82. The Morgan fingerprint density at radius 2 is 2.21 bits per heavy atom. The molecule has 0 heterocycles. The van der Waals surface area contributed by atoms with Gasteiger partial charge in [-0.3, -0.25) is 10.1 Å². The van der Waals surface area contributed by atoms with Gasteiger partial charge >= 0.3 is 0 Å². The lowest BCUT2D eigenvalue weighted by Crippen LogP contribution is -2.15. The van der Waals surface area contributed by atoms with Gasteiger partial charge in [0.15, 0.2) is 0 Å². The van der Waals surface area contributed by atoms with Gasteiger partial charge in [-0.15, -0.1) is 0 Å². The van der Waals surface area contributed by atoms with E-state index in [2.05, 4.69) is 12.6 Å². The predicted octanol–water partition coefficient (Wildman–Crippen LogP) is 1.94. The van der Waals surface area contributed by atoms with Crippen molar-refractivity contribution in [3.63, 3.8) is 0 Å². The highest BCUT2D eigenvalue weighted by Gasteiger charge is 2.22. The van der Waals surface area contributed by atoms with E-state index in [-0.39, 0.29) is 5.69 Å². The third-order valence-corrected chi connectivity index (χ3v) is 2.23. The molecule has 0 saturated heterocycles. The van der Waals surface area contributed by atoms with Crippen molar-refractivity contribution in [2.24, 2.45) is 0 Å². The Bertz CT molecular complexity index is 376. The van der Waals surface area contributed by atoms with Crippen LogP contribution in [0.3, 0.4) is 0 Å². The molecule has 0 bridgehead atoms. The lowest BCUT2D eigenvalue weighted by molar-refractivity contribution is -0.384. The summed E-state index contributed by atoms with van der Waals surface area (Å²) in [5, 5.41) is 10.5. The van der Waals surface area contributed by atoms with E-state index in [0.29, 0.717) is 11.8 Å². The molecule has 0 aromatic heterocycles. The molecule has 0 aliphatic rings. The normalized spacial score (nSPS) is 14.4. The molecular weight excluding hydrogens is 202 g/mol. The van der Waals surface area contributed by atoms with Crippen LogP contribution in [0.2, 0.25) is 0 Å². The van der Waals surface area contributed by atoms with Crippen LogP contribution in [0.15, 0.2) is 24.3 Å². The van der Waals surface area contributed by atoms with Gasteiger partial charge in [-0.05, 0) is 12.5 Å². The van der Waals surface area contributed by atoms with Crippen LogP contribution in [-0.4, -0.2) is 11.2 Å². The molecule has 0 spiro atoms. The second-order valence-electron chi connectivity index (χ2n) is 3.07. The number of carbonyl (C=O) groups is 1. The number of hydrogen-bond acceptors (Lipinski definition) is 4. The first-order valence-electron chi connectivity index (χ1n) is 3.91. The summed E-state index contributed by atoms with van der Waals surface area (Å²) in [6, 6.07) is 5.89. The number of non-ortho nitro benzene ring substituents is 1. The molecule has 0 amide bonds. The van der Waals surface area contributed by atoms with Gasteiger partial charge in [-0.2, -0.15) is 12.6 Å². The van der Waals surface area contributed by atoms with Gasteiger partial charge < -0.3 is 4.79 Å². The second kappa shape index (κ2) is 3.79. The molecule has 1 aromatic rings. The van der Waals surface area contributed by atoms with Crippen molar-refractivity contribution in [3.8, 4) is 0 Å². The number of thiol groups is 1. The van der Waals surface area contributed by atoms with Crippen molar-refractivity contribution in [2.75, 3.05) is 0 Å². The zero-order chi connectivity index (χ0) is 10.8. The van der Waals surface area contributed by atoms with Crippen LogP contribution < -0.4 is 0 Å². The van der Waals surface area contributed by atoms with Gasteiger partial charge in [-0.25, -0.2) is 0 Å². The molecule has 0 N–H and O–H groups in total. The lowest BCUT2D eigenvalue weighted by Gasteiger charge is -2.15. The summed E-state index contributed by atoms with van der Waals surface area (Å²) < 4.78 is -0.980. The molecule has 0 radical (unpaired) electrons. The molecule has 0 aliphatic heterocycles. The van der Waals surface area contributed by atoms with Crippen LogP contribution in [-0.2, 0) is 9.54 Å². The smallest absolute Gasteiger partial charge is 0.269 e. The first-order chi connectivity index (χ1) is 6.47. The maximum absolute atomic E-state index is 10.7. The van der Waals surface area contributed by atoms with Gasteiger partial charge in [0.2, 0.25) is 0 Å². The molecule has 1 atom stereocenters. The van der Waals surface area contributed by atoms with Crippen LogP contribution in [0, 0.1) is 10.1 Å². The lowest BCUT2D eigenvalue weighted by atomic mass is 10.0. The first kappa shape index (κ1) is 10.7. The summed E-state index contributed by atoms with van der Waals surface area (Å²) in [4.78, 5) is 20.6. The van der Waals surface area contributed by atoms with E-state index in [9.17, 15) is 14.9 Å². The van der Waals surface area contributed by atoms with Crippen LogP contribution in [0.1, 0.15) is 12.5 Å². The monoisotopic (exact) mass is 211 g/mol. The van der Waals surface area contributed by atoms with Crippen LogP contribution in [0.5, 0.6) is 0 Å². The Morgan fingerprint density at radius 1 is 1.57 bits per heavy atom. The van der Waals surface area contributed by atoms with E-state index in [1.54, 1.807) is 13.0 Å². The largest absolute Gasteiger partial charge is 0.301 e. The molecule has 0 saturated carbocycles. The Morgan fingerprint density at radius 3 is 2.71 bits per heavy atom. The number of hydrogen-bond donors (Lipinski definition) is 1. The number of carbonyl (C=O) groups excluding carboxylic acids is 1. The molecule has 4 nitrogen and oxygen atoms in total. The van der Waals surface area contributed by atoms with Gasteiger partial charge in [0, 0.05) is 12.1 Å². The summed E-state index contributed by atoms with van der Waals surface area (Å²) in [5.41, 5.74) is 0.481. The van der Waals surface area contributed by atoms with Gasteiger partial charge in [0.05, 0.1) is 9.67 Å². The Hall–Kier alpha value is -1.36. The van der Waals surface area contributed by atoms with Gasteiger partial charge in [-0.1, -0.05) is 12.1 Å². The number of aldehydes is 1. The number of benzene rings is 1. The summed E-state index contributed by atoms with van der Waals surface area (Å²) in [5.74, 6) is 0. The number of nitro groups is 1. The highest BCUT2D eigenvalue weighted by atomic mass is 32.1. The molecule has 5 heteroatoms. The minimum Gasteiger partial charge on any atom is -0.301 e. The summed E-state index contributed by atoms with van der Waals surface area (Å²) in [6.45, 7) is 1.59. The zero-order valence-electron chi connectivity index (χ0n) is 7.51. The van der Waals surface area contributed by atoms with Gasteiger partial charge in [0.25, 0.3) is 5.69 Å². The Kier molecular flexibility index (Phi) is 2.90. The van der Waals surface area contributed by atoms with Crippen molar-refractivity contribution >= 4 is 24.6 Å². The van der Waals surface area contributed by atoms with Crippen LogP contribution >= 0.6 is 12.6 Å². The van der Waals surface area contributed by atoms with Crippen LogP contribution in [0.25, 0.3) is 0 Å². The minimum absolute atomic E-state index is 0.0374. The first-order valence-corrected chi connectivity index (χ1v) is 4.36. The summed E-state index contributed by atoms with van der Waals surface area (Å²) in [6.07, 6.45) is 0.648. The minimum atomic E-state index is -0.980. The fourth-order valence-corrected chi connectivity index (χ4v) is 1.14. The van der Waals surface area contributed by atoms with Crippen molar-refractivity contribution < 1.29 is 9.72 Å². The summed E-state index contributed by atoms with van der Waals surface area (Å²) in [7, 11) is 0. The number of nitrogens with zero attached hydrogens (tertiary/aromatic N) is 1. The maximum atomic E-state index is 10.7. The van der Waals surface area contributed by atoms with E-state index in [1.165, 1.54) is 18.2 Å². The van der Waals surface area contributed by atoms with E-state index in [4.69, 9.17) is 0 Å². The van der Waals surface area contributed by atoms with E-state index >= 15 is 0 Å². The van der Waals surface area contributed by atoms with Crippen molar-refractivity contribution in [3.05, 3.63) is 39.9 Å². The molecule has 0 aliphatic carbocycles. The Labute approximate surface area is 86.5 Å². The Balaban J connectivity index is 3.18. The summed E-state index contributed by atoms with van der Waals surface area (Å²) >= 11 is 4.10. The number of nitro benzene ring substituents is 1. The topological polar surface area (TPSA) is 60.2 Å². The SMILES string of the molecule is CC(S)(C=O)c1cccc([N+](=O)[O-])c1. The standard InChI is InChI=1S/C9H9NO3S/c1-9(14,6-11)7-3-2-4-8(5-7)10(12)13/h2-6,14H,1H3. The van der Waals surface area contributed by atoms with Gasteiger partial charge in [0.1, 0.15) is 6.29 Å². The average Bonchev–Trinajstić information content (AvgIpc) is 2.18. The zero-order valence-corrected chi connectivity index (χ0v) is 8.40. The van der Waals surface area contributed by atoms with E-state index < -0.39 is 9.67 Å². The molecule has 14 heavy (non-hydrogen) atoms. The maximum Gasteiger partial charge on any atom is 0.269 e. The van der Waals surface area contributed by atoms with E-state index in [0.717, 1.165) is 0 Å². The third kappa shape index (κ3) is 2.11. The second-order valence-corrected chi connectivity index (χ2v) is 4.00. The molecule has 1 aromatic carbocycles. The third-order valence-electron chi connectivity index (χ3n) is 1.87. The predicted molar refractivity (Wildman–Crippen MR) is 55.5 cm³/mol. The molecule has 0 fully saturated rings. The molecule has 74 valence electrons. The molecule has 1 rings (SSSR count). The van der Waals surface area contributed by atoms with Crippen molar-refractivity contribution in [1.82, 2.24) is 0 Å². The fraction of sp³-hybridized carbons (Fsp3) is 0.222. The molecular formula is C9H9NO3S. The van der Waals surface area contributed by atoms with Crippen molar-refractivity contribution in [1.29, 1.82) is 0 Å². The average molecular weight is 211 g/mol.